The standard InChI is InChI=1S/C18H13Cl2NO2S2/c1-10-2-4-11(5-3-10)9-23-16-13(19)6-12(7-14(16)20)8-15-17(22)21-18(24)25-15/h2-8H,9H2,1H3,(H,21,22,24)/b15-8-. The highest BCUT2D eigenvalue weighted by Gasteiger charge is 2.22. The Hall–Kier alpha value is -1.53. The number of thioether (sulfide) groups is 1. The largest absolute Gasteiger partial charge is 0.486 e. The number of rotatable bonds is 4. The molecule has 7 heteroatoms. The van der Waals surface area contributed by atoms with E-state index < -0.39 is 0 Å². The van der Waals surface area contributed by atoms with E-state index in [1.165, 1.54) is 17.3 Å². The second kappa shape index (κ2) is 7.79. The van der Waals surface area contributed by atoms with E-state index in [4.69, 9.17) is 40.2 Å². The molecule has 3 rings (SSSR count). The van der Waals surface area contributed by atoms with Crippen LogP contribution in [-0.4, -0.2) is 10.2 Å². The topological polar surface area (TPSA) is 38.3 Å². The van der Waals surface area contributed by atoms with Crippen molar-refractivity contribution in [3.63, 3.8) is 0 Å². The van der Waals surface area contributed by atoms with Gasteiger partial charge in [0.05, 0.1) is 15.0 Å². The summed E-state index contributed by atoms with van der Waals surface area (Å²) in [7, 11) is 0. The van der Waals surface area contributed by atoms with Gasteiger partial charge in [-0.25, -0.2) is 0 Å². The normalized spacial score (nSPS) is 15.6. The van der Waals surface area contributed by atoms with E-state index in [1.54, 1.807) is 18.2 Å². The SMILES string of the molecule is Cc1ccc(COc2c(Cl)cc(/C=C3\SC(=S)NC3=O)cc2Cl)cc1. The molecule has 1 aliphatic rings. The molecule has 0 saturated carbocycles. The third-order valence-corrected chi connectivity index (χ3v) is 5.19. The number of hydrogen-bond acceptors (Lipinski definition) is 4. The Morgan fingerprint density at radius 2 is 1.84 bits per heavy atom. The number of amides is 1. The number of ether oxygens (including phenoxy) is 1. The Morgan fingerprint density at radius 1 is 1.20 bits per heavy atom. The van der Waals surface area contributed by atoms with Crippen LogP contribution in [-0.2, 0) is 11.4 Å². The van der Waals surface area contributed by atoms with Gasteiger partial charge in [0, 0.05) is 0 Å². The highest BCUT2D eigenvalue weighted by molar-refractivity contribution is 8.26. The molecule has 0 atom stereocenters. The van der Waals surface area contributed by atoms with Crippen LogP contribution in [0.25, 0.3) is 6.08 Å². The monoisotopic (exact) mass is 409 g/mol. The van der Waals surface area contributed by atoms with Crippen molar-refractivity contribution in [3.05, 3.63) is 68.0 Å². The van der Waals surface area contributed by atoms with E-state index in [-0.39, 0.29) is 5.91 Å². The fourth-order valence-corrected chi connectivity index (χ4v) is 3.87. The molecule has 0 radical (unpaired) electrons. The predicted molar refractivity (Wildman–Crippen MR) is 108 cm³/mol. The molecule has 1 fully saturated rings. The van der Waals surface area contributed by atoms with Gasteiger partial charge in [0.25, 0.3) is 5.91 Å². The number of benzene rings is 2. The van der Waals surface area contributed by atoms with E-state index in [9.17, 15) is 4.79 Å². The van der Waals surface area contributed by atoms with Crippen LogP contribution in [0.3, 0.4) is 0 Å². The number of thiocarbonyl (C=S) groups is 1. The Morgan fingerprint density at radius 3 is 2.40 bits per heavy atom. The van der Waals surface area contributed by atoms with Crippen LogP contribution >= 0.6 is 47.2 Å². The van der Waals surface area contributed by atoms with E-state index in [2.05, 4.69) is 5.32 Å². The van der Waals surface area contributed by atoms with Crippen molar-refractivity contribution < 1.29 is 9.53 Å². The van der Waals surface area contributed by atoms with Crippen molar-refractivity contribution in [1.29, 1.82) is 0 Å². The molecule has 0 aromatic heterocycles. The van der Waals surface area contributed by atoms with Gasteiger partial charge in [-0.05, 0) is 36.3 Å². The summed E-state index contributed by atoms with van der Waals surface area (Å²) in [5.41, 5.74) is 2.92. The first kappa shape index (κ1) is 18.3. The maximum absolute atomic E-state index is 11.7. The average Bonchev–Trinajstić information content (AvgIpc) is 2.86. The van der Waals surface area contributed by atoms with E-state index >= 15 is 0 Å². The lowest BCUT2D eigenvalue weighted by Crippen LogP contribution is -2.17. The molecule has 1 heterocycles. The molecule has 3 nitrogen and oxygen atoms in total. The van der Waals surface area contributed by atoms with Crippen molar-refractivity contribution in [2.45, 2.75) is 13.5 Å². The zero-order chi connectivity index (χ0) is 18.0. The van der Waals surface area contributed by atoms with Crippen LogP contribution in [0.2, 0.25) is 10.0 Å². The van der Waals surface area contributed by atoms with E-state index in [0.717, 1.165) is 5.56 Å². The van der Waals surface area contributed by atoms with Gasteiger partial charge in [0.15, 0.2) is 5.75 Å². The van der Waals surface area contributed by atoms with Gasteiger partial charge in [-0.3, -0.25) is 4.79 Å². The first-order chi connectivity index (χ1) is 11.9. The number of aryl methyl sites for hydroxylation is 1. The summed E-state index contributed by atoms with van der Waals surface area (Å²) in [5, 5.41) is 3.34. The average molecular weight is 410 g/mol. The number of carbonyl (C=O) groups excluding carboxylic acids is 1. The van der Waals surface area contributed by atoms with Gasteiger partial charge in [-0.2, -0.15) is 0 Å². The Labute approximate surface area is 165 Å². The molecule has 0 aliphatic carbocycles. The number of halogens is 2. The van der Waals surface area contributed by atoms with Gasteiger partial charge in [-0.1, -0.05) is 77.0 Å². The van der Waals surface area contributed by atoms with Crippen molar-refractivity contribution in [3.8, 4) is 5.75 Å². The third kappa shape index (κ3) is 4.55. The first-order valence-corrected chi connectivity index (χ1v) is 9.32. The minimum absolute atomic E-state index is 0.220. The Balaban J connectivity index is 1.78. The van der Waals surface area contributed by atoms with Crippen LogP contribution in [0.5, 0.6) is 5.75 Å². The fourth-order valence-electron chi connectivity index (χ4n) is 2.21. The van der Waals surface area contributed by atoms with Crippen molar-refractivity contribution in [2.24, 2.45) is 0 Å². The second-order valence-corrected chi connectivity index (χ2v) is 7.97. The zero-order valence-corrected chi connectivity index (χ0v) is 16.3. The molecule has 1 amide bonds. The molecule has 0 unspecified atom stereocenters. The van der Waals surface area contributed by atoms with Gasteiger partial charge in [0.2, 0.25) is 0 Å². The number of nitrogens with one attached hydrogen (secondary N) is 1. The molecule has 2 aromatic carbocycles. The van der Waals surface area contributed by atoms with Crippen molar-refractivity contribution in [1.82, 2.24) is 5.32 Å². The van der Waals surface area contributed by atoms with E-state index in [1.807, 2.05) is 31.2 Å². The fraction of sp³-hybridized carbons (Fsp3) is 0.111. The smallest absolute Gasteiger partial charge is 0.263 e. The predicted octanol–water partition coefficient (Wildman–Crippen LogP) is 5.37. The molecule has 25 heavy (non-hydrogen) atoms. The number of hydrogen-bond donors (Lipinski definition) is 1. The van der Waals surface area contributed by atoms with Crippen LogP contribution in [0.1, 0.15) is 16.7 Å². The number of carbonyl (C=O) groups is 1. The minimum atomic E-state index is -0.220. The molecule has 128 valence electrons. The summed E-state index contributed by atoms with van der Waals surface area (Å²) in [5.74, 6) is 0.201. The van der Waals surface area contributed by atoms with Crippen molar-refractivity contribution >= 4 is 63.5 Å². The van der Waals surface area contributed by atoms with Gasteiger partial charge < -0.3 is 10.1 Å². The van der Waals surface area contributed by atoms with E-state index in [0.29, 0.717) is 37.2 Å². The Bertz CT molecular complexity index is 856. The lowest BCUT2D eigenvalue weighted by atomic mass is 10.1. The lowest BCUT2D eigenvalue weighted by molar-refractivity contribution is -0.115. The summed E-state index contributed by atoms with van der Waals surface area (Å²) in [6.07, 6.45) is 1.70. The summed E-state index contributed by atoms with van der Waals surface area (Å²) in [6, 6.07) is 11.4. The molecule has 2 aromatic rings. The van der Waals surface area contributed by atoms with Gasteiger partial charge >= 0.3 is 0 Å². The summed E-state index contributed by atoms with van der Waals surface area (Å²) in [6.45, 7) is 2.40. The lowest BCUT2D eigenvalue weighted by Gasteiger charge is -2.11. The highest BCUT2D eigenvalue weighted by Crippen LogP contribution is 2.36. The quantitative estimate of drug-likeness (QED) is 0.543. The minimum Gasteiger partial charge on any atom is -0.486 e. The summed E-state index contributed by atoms with van der Waals surface area (Å²) in [4.78, 5) is 12.2. The maximum Gasteiger partial charge on any atom is 0.263 e. The summed E-state index contributed by atoms with van der Waals surface area (Å²) >= 11 is 18.8. The molecule has 1 aliphatic heterocycles. The second-order valence-electron chi connectivity index (χ2n) is 5.44. The third-order valence-electron chi connectivity index (χ3n) is 3.46. The summed E-state index contributed by atoms with van der Waals surface area (Å²) < 4.78 is 6.20. The van der Waals surface area contributed by atoms with Gasteiger partial charge in [0.1, 0.15) is 10.9 Å². The first-order valence-electron chi connectivity index (χ1n) is 7.34. The molecule has 1 N–H and O–H groups in total. The zero-order valence-electron chi connectivity index (χ0n) is 13.1. The molecule has 0 spiro atoms. The van der Waals surface area contributed by atoms with Gasteiger partial charge in [-0.15, -0.1) is 0 Å². The molecular formula is C18H13Cl2NO2S2. The molecule has 1 saturated heterocycles. The molecular weight excluding hydrogens is 397 g/mol. The highest BCUT2D eigenvalue weighted by atomic mass is 35.5. The van der Waals surface area contributed by atoms with Crippen LogP contribution < -0.4 is 10.1 Å². The van der Waals surface area contributed by atoms with Crippen LogP contribution in [0.4, 0.5) is 0 Å². The van der Waals surface area contributed by atoms with Crippen LogP contribution in [0, 0.1) is 6.92 Å². The van der Waals surface area contributed by atoms with Crippen LogP contribution in [0.15, 0.2) is 41.3 Å². The molecule has 0 bridgehead atoms. The van der Waals surface area contributed by atoms with Crippen molar-refractivity contribution in [2.75, 3.05) is 0 Å². The Kier molecular flexibility index (Phi) is 5.69. The maximum atomic E-state index is 11.7.